The summed E-state index contributed by atoms with van der Waals surface area (Å²) in [5.74, 6) is 0.710. The van der Waals surface area contributed by atoms with Gasteiger partial charge in [-0.25, -0.2) is 8.42 Å². The average Bonchev–Trinajstić information content (AvgIpc) is 3.49. The first-order valence-corrected chi connectivity index (χ1v) is 12.2. The third-order valence-electron chi connectivity index (χ3n) is 5.04. The predicted octanol–water partition coefficient (Wildman–Crippen LogP) is 2.40. The molecule has 2 heterocycles. The second kappa shape index (κ2) is 8.66. The number of anilines is 1. The summed E-state index contributed by atoms with van der Waals surface area (Å²) < 4.78 is 38.3. The van der Waals surface area contributed by atoms with Crippen LogP contribution in [0.2, 0.25) is 0 Å². The molecule has 2 aromatic rings. The molecule has 0 radical (unpaired) electrons. The number of sulfonamides is 1. The van der Waals surface area contributed by atoms with Crippen molar-refractivity contribution in [2.24, 2.45) is 0 Å². The van der Waals surface area contributed by atoms with Gasteiger partial charge in [0.25, 0.3) is 5.22 Å². The lowest BCUT2D eigenvalue weighted by Gasteiger charge is -2.27. The van der Waals surface area contributed by atoms with Crippen LogP contribution in [0.25, 0.3) is 0 Å². The number of aromatic nitrogens is 2. The fraction of sp³-hybridized carbons (Fsp3) is 0.526. The molecule has 1 aromatic carbocycles. The van der Waals surface area contributed by atoms with Gasteiger partial charge in [0.1, 0.15) is 0 Å². The van der Waals surface area contributed by atoms with E-state index in [9.17, 15) is 13.2 Å². The molecule has 2 aliphatic rings. The van der Waals surface area contributed by atoms with E-state index in [4.69, 9.17) is 9.15 Å². The number of carbonyl (C=O) groups excluding carboxylic acids is 1. The first-order valence-electron chi connectivity index (χ1n) is 9.84. The lowest BCUT2D eigenvalue weighted by atomic mass is 10.2. The van der Waals surface area contributed by atoms with Gasteiger partial charge in [-0.2, -0.15) is 4.31 Å². The van der Waals surface area contributed by atoms with Crippen LogP contribution < -0.4 is 5.32 Å². The highest BCUT2D eigenvalue weighted by Crippen LogP contribution is 2.40. The fourth-order valence-electron chi connectivity index (χ4n) is 3.09. The van der Waals surface area contributed by atoms with E-state index in [0.717, 1.165) is 12.8 Å². The molecule has 30 heavy (non-hydrogen) atoms. The number of nitrogens with one attached hydrogen (secondary N) is 1. The van der Waals surface area contributed by atoms with Crippen molar-refractivity contribution in [1.29, 1.82) is 0 Å². The minimum atomic E-state index is -3.66. The van der Waals surface area contributed by atoms with Gasteiger partial charge >= 0.3 is 0 Å². The van der Waals surface area contributed by atoms with Crippen molar-refractivity contribution in [2.45, 2.75) is 48.0 Å². The van der Waals surface area contributed by atoms with Crippen molar-refractivity contribution in [1.82, 2.24) is 14.5 Å². The number of nitrogens with zero attached hydrogens (tertiary/aromatic N) is 3. The summed E-state index contributed by atoms with van der Waals surface area (Å²) in [6.45, 7) is 4.87. The topological polar surface area (TPSA) is 115 Å². The molecule has 4 rings (SSSR count). The largest absolute Gasteiger partial charge is 0.416 e. The molecule has 1 saturated heterocycles. The Morgan fingerprint density at radius 1 is 1.27 bits per heavy atom. The van der Waals surface area contributed by atoms with Gasteiger partial charge in [-0.15, -0.1) is 10.2 Å². The predicted molar refractivity (Wildman–Crippen MR) is 111 cm³/mol. The molecule has 0 unspecified atom stereocenters. The van der Waals surface area contributed by atoms with Crippen LogP contribution in [-0.2, 0) is 19.6 Å². The van der Waals surface area contributed by atoms with Crippen molar-refractivity contribution in [3.63, 3.8) is 0 Å². The zero-order valence-electron chi connectivity index (χ0n) is 16.8. The molecule has 162 valence electrons. The molecule has 9 nitrogen and oxygen atoms in total. The summed E-state index contributed by atoms with van der Waals surface area (Å²) in [6, 6.07) is 4.90. The Morgan fingerprint density at radius 3 is 2.70 bits per heavy atom. The Bertz CT molecular complexity index is 1030. The lowest BCUT2D eigenvalue weighted by Crippen LogP contribution is -2.40. The standard InChI is InChI=1S/C19H24N4O5S2/c1-12-3-6-15(11-16(12)30(25,26)23-7-9-27-10-8-23)20-17(24)13(2)29-19-22-21-18(28-19)14-4-5-14/h3,6,11,13-14H,4-5,7-10H2,1-2H3,(H,20,24)/t13-/m0/s1. The summed E-state index contributed by atoms with van der Waals surface area (Å²) in [5.41, 5.74) is 1.05. The molecule has 1 aliphatic carbocycles. The van der Waals surface area contributed by atoms with Gasteiger partial charge < -0.3 is 14.5 Å². The lowest BCUT2D eigenvalue weighted by molar-refractivity contribution is -0.115. The van der Waals surface area contributed by atoms with Crippen LogP contribution >= 0.6 is 11.8 Å². The summed E-state index contributed by atoms with van der Waals surface area (Å²) >= 11 is 1.18. The van der Waals surface area contributed by atoms with Crippen molar-refractivity contribution < 1.29 is 22.4 Å². The van der Waals surface area contributed by atoms with Gasteiger partial charge in [-0.1, -0.05) is 17.8 Å². The Labute approximate surface area is 179 Å². The molecule has 0 bridgehead atoms. The van der Waals surface area contributed by atoms with Crippen LogP contribution in [0.5, 0.6) is 0 Å². The van der Waals surface area contributed by atoms with Crippen LogP contribution in [0.3, 0.4) is 0 Å². The van der Waals surface area contributed by atoms with E-state index >= 15 is 0 Å². The van der Waals surface area contributed by atoms with E-state index in [1.807, 2.05) is 0 Å². The van der Waals surface area contributed by atoms with Gasteiger partial charge in [0.2, 0.25) is 21.8 Å². The maximum Gasteiger partial charge on any atom is 0.277 e. The number of hydrogen-bond donors (Lipinski definition) is 1. The third kappa shape index (κ3) is 4.69. The highest BCUT2D eigenvalue weighted by atomic mass is 32.2. The molecule has 2 fully saturated rings. The van der Waals surface area contributed by atoms with Crippen molar-refractivity contribution in [2.75, 3.05) is 31.6 Å². The zero-order valence-corrected chi connectivity index (χ0v) is 18.5. The summed E-state index contributed by atoms with van der Waals surface area (Å²) in [6.07, 6.45) is 2.12. The van der Waals surface area contributed by atoms with E-state index in [-0.39, 0.29) is 10.8 Å². The number of morpholine rings is 1. The number of benzene rings is 1. The number of aryl methyl sites for hydroxylation is 1. The summed E-state index contributed by atoms with van der Waals surface area (Å²) in [7, 11) is -3.66. The van der Waals surface area contributed by atoms with Crippen molar-refractivity contribution in [3.8, 4) is 0 Å². The molecule has 1 N–H and O–H groups in total. The van der Waals surface area contributed by atoms with Crippen LogP contribution in [0.1, 0.15) is 37.1 Å². The normalized spacial score (nSPS) is 18.9. The molecule has 1 amide bonds. The SMILES string of the molecule is Cc1ccc(NC(=O)[C@H](C)Sc2nnc(C3CC3)o2)cc1S(=O)(=O)N1CCOCC1. The Balaban J connectivity index is 1.44. The maximum atomic E-state index is 13.0. The minimum Gasteiger partial charge on any atom is -0.416 e. The first kappa shape index (κ1) is 21.3. The third-order valence-corrected chi connectivity index (χ3v) is 8.01. The van der Waals surface area contributed by atoms with Crippen LogP contribution in [-0.4, -0.2) is 60.4 Å². The number of ether oxygens (including phenoxy) is 1. The number of thioether (sulfide) groups is 1. The van der Waals surface area contributed by atoms with Crippen molar-refractivity contribution in [3.05, 3.63) is 29.7 Å². The van der Waals surface area contributed by atoms with Gasteiger partial charge in [-0.05, 0) is 44.4 Å². The molecule has 11 heteroatoms. The van der Waals surface area contributed by atoms with E-state index in [1.165, 1.54) is 22.1 Å². The van der Waals surface area contributed by atoms with E-state index < -0.39 is 15.3 Å². The van der Waals surface area contributed by atoms with Gasteiger partial charge in [0.15, 0.2) is 0 Å². The summed E-state index contributed by atoms with van der Waals surface area (Å²) in [5, 5.41) is 10.7. The Kier molecular flexibility index (Phi) is 6.14. The fourth-order valence-corrected chi connectivity index (χ4v) is 5.44. The number of rotatable bonds is 7. The number of hydrogen-bond acceptors (Lipinski definition) is 8. The minimum absolute atomic E-state index is 0.188. The average molecular weight is 453 g/mol. The zero-order chi connectivity index (χ0) is 21.3. The molecule has 1 aliphatic heterocycles. The number of amides is 1. The van der Waals surface area contributed by atoms with E-state index in [1.54, 1.807) is 26.0 Å². The molecular weight excluding hydrogens is 428 g/mol. The monoisotopic (exact) mass is 452 g/mol. The maximum absolute atomic E-state index is 13.0. The second-order valence-electron chi connectivity index (χ2n) is 7.43. The molecule has 1 atom stereocenters. The smallest absolute Gasteiger partial charge is 0.277 e. The summed E-state index contributed by atoms with van der Waals surface area (Å²) in [4.78, 5) is 12.8. The Hall–Kier alpha value is -1.95. The van der Waals surface area contributed by atoms with Crippen molar-refractivity contribution >= 4 is 33.4 Å². The molecule has 1 saturated carbocycles. The van der Waals surface area contributed by atoms with Gasteiger partial charge in [-0.3, -0.25) is 4.79 Å². The second-order valence-corrected chi connectivity index (χ2v) is 10.6. The van der Waals surface area contributed by atoms with Crippen LogP contribution in [0.4, 0.5) is 5.69 Å². The Morgan fingerprint density at radius 2 is 2.00 bits per heavy atom. The van der Waals surface area contributed by atoms with Crippen LogP contribution in [0, 0.1) is 6.92 Å². The number of carbonyl (C=O) groups is 1. The van der Waals surface area contributed by atoms with Gasteiger partial charge in [0.05, 0.1) is 23.4 Å². The highest BCUT2D eigenvalue weighted by molar-refractivity contribution is 8.00. The van der Waals surface area contributed by atoms with Gasteiger partial charge in [0, 0.05) is 24.7 Å². The van der Waals surface area contributed by atoms with E-state index in [0.29, 0.717) is 54.6 Å². The quantitative estimate of drug-likeness (QED) is 0.637. The van der Waals surface area contributed by atoms with E-state index in [2.05, 4.69) is 15.5 Å². The first-order chi connectivity index (χ1) is 14.3. The highest BCUT2D eigenvalue weighted by Gasteiger charge is 2.30. The molecular formula is C19H24N4O5S2. The van der Waals surface area contributed by atoms with Crippen LogP contribution in [0.15, 0.2) is 32.7 Å². The molecule has 1 aromatic heterocycles. The molecule has 0 spiro atoms.